The van der Waals surface area contributed by atoms with E-state index in [9.17, 15) is 14.4 Å². The summed E-state index contributed by atoms with van der Waals surface area (Å²) in [5, 5.41) is 7.56. The number of carbonyl (C=O) groups is 3. The van der Waals surface area contributed by atoms with Gasteiger partial charge in [0.05, 0.1) is 19.3 Å². The van der Waals surface area contributed by atoms with Crippen molar-refractivity contribution in [2.75, 3.05) is 39.3 Å². The zero-order valence-corrected chi connectivity index (χ0v) is 12.6. The molecule has 1 saturated heterocycles. The van der Waals surface area contributed by atoms with E-state index in [0.717, 1.165) is 6.42 Å². The van der Waals surface area contributed by atoms with Crippen molar-refractivity contribution in [3.8, 4) is 0 Å². The molecule has 1 atom stereocenters. The molecule has 1 aliphatic rings. The van der Waals surface area contributed by atoms with Crippen molar-refractivity contribution in [1.29, 1.82) is 0 Å². The molecule has 1 rings (SSSR count). The first-order chi connectivity index (χ1) is 10.0. The monoisotopic (exact) mass is 300 g/mol. The van der Waals surface area contributed by atoms with Crippen molar-refractivity contribution in [2.45, 2.75) is 26.4 Å². The van der Waals surface area contributed by atoms with Gasteiger partial charge in [-0.2, -0.15) is 0 Å². The Morgan fingerprint density at radius 2 is 2.05 bits per heavy atom. The fourth-order valence-corrected chi connectivity index (χ4v) is 1.96. The Balaban J connectivity index is 2.28. The lowest BCUT2D eigenvalue weighted by molar-refractivity contribution is -0.124. The number of carbonyl (C=O) groups excluding carboxylic acids is 3. The smallest absolute Gasteiger partial charge is 0.321 e. The van der Waals surface area contributed by atoms with Gasteiger partial charge in [-0.3, -0.25) is 19.8 Å². The summed E-state index contributed by atoms with van der Waals surface area (Å²) >= 11 is 0. The van der Waals surface area contributed by atoms with Crippen LogP contribution in [0.4, 0.5) is 4.79 Å². The van der Waals surface area contributed by atoms with E-state index in [1.165, 1.54) is 6.92 Å². The van der Waals surface area contributed by atoms with Crippen LogP contribution in [0.2, 0.25) is 0 Å². The summed E-state index contributed by atoms with van der Waals surface area (Å²) in [6, 6.07) is -0.468. The number of hydrogen-bond donors (Lipinski definition) is 3. The molecule has 0 aromatic heterocycles. The summed E-state index contributed by atoms with van der Waals surface area (Å²) in [5.41, 5.74) is 0. The third-order valence-electron chi connectivity index (χ3n) is 2.96. The van der Waals surface area contributed by atoms with Crippen LogP contribution in [0.5, 0.6) is 0 Å². The minimum absolute atomic E-state index is 0.110. The maximum atomic E-state index is 11.7. The number of hydrogen-bond acceptors (Lipinski definition) is 5. The SMILES string of the molecule is CCCNC(=O)NC(=O)CN1CCOC(CNC(C)=O)C1. The molecule has 8 nitrogen and oxygen atoms in total. The number of nitrogens with one attached hydrogen (secondary N) is 3. The molecule has 4 amide bonds. The van der Waals surface area contributed by atoms with Crippen molar-refractivity contribution >= 4 is 17.8 Å². The molecule has 0 aliphatic carbocycles. The fourth-order valence-electron chi connectivity index (χ4n) is 1.96. The number of ether oxygens (including phenoxy) is 1. The van der Waals surface area contributed by atoms with Gasteiger partial charge in [0.2, 0.25) is 11.8 Å². The molecule has 8 heteroatoms. The predicted molar refractivity (Wildman–Crippen MR) is 76.7 cm³/mol. The van der Waals surface area contributed by atoms with Gasteiger partial charge in [-0.05, 0) is 6.42 Å². The number of morpholine rings is 1. The largest absolute Gasteiger partial charge is 0.374 e. The number of rotatable bonds is 6. The van der Waals surface area contributed by atoms with Gasteiger partial charge in [0.15, 0.2) is 0 Å². The second kappa shape index (κ2) is 9.30. The minimum Gasteiger partial charge on any atom is -0.374 e. The van der Waals surface area contributed by atoms with Crippen LogP contribution < -0.4 is 16.0 Å². The molecular formula is C13H24N4O4. The number of amides is 4. The van der Waals surface area contributed by atoms with Crippen molar-refractivity contribution in [1.82, 2.24) is 20.9 Å². The highest BCUT2D eigenvalue weighted by Crippen LogP contribution is 2.03. The Labute approximate surface area is 124 Å². The molecule has 120 valence electrons. The summed E-state index contributed by atoms with van der Waals surface area (Å²) in [5.74, 6) is -0.454. The highest BCUT2D eigenvalue weighted by atomic mass is 16.5. The number of imide groups is 1. The molecule has 1 fully saturated rings. The summed E-state index contributed by atoms with van der Waals surface area (Å²) in [4.78, 5) is 35.9. The van der Waals surface area contributed by atoms with Gasteiger partial charge < -0.3 is 15.4 Å². The Morgan fingerprint density at radius 1 is 1.29 bits per heavy atom. The molecule has 0 aromatic carbocycles. The van der Waals surface area contributed by atoms with Crippen LogP contribution in [0.3, 0.4) is 0 Å². The summed E-state index contributed by atoms with van der Waals surface area (Å²) in [6.07, 6.45) is 0.681. The molecule has 0 spiro atoms. The lowest BCUT2D eigenvalue weighted by Gasteiger charge is -2.32. The van der Waals surface area contributed by atoms with Crippen LogP contribution in [-0.2, 0) is 14.3 Å². The van der Waals surface area contributed by atoms with Gasteiger partial charge in [0.25, 0.3) is 0 Å². The van der Waals surface area contributed by atoms with E-state index >= 15 is 0 Å². The van der Waals surface area contributed by atoms with Crippen LogP contribution >= 0.6 is 0 Å². The van der Waals surface area contributed by atoms with Gasteiger partial charge in [-0.25, -0.2) is 4.79 Å². The Hall–Kier alpha value is -1.67. The lowest BCUT2D eigenvalue weighted by Crippen LogP contribution is -2.51. The minimum atomic E-state index is -0.468. The summed E-state index contributed by atoms with van der Waals surface area (Å²) in [6.45, 7) is 6.15. The normalized spacial score (nSPS) is 18.9. The summed E-state index contributed by atoms with van der Waals surface area (Å²) < 4.78 is 5.51. The molecule has 21 heavy (non-hydrogen) atoms. The Morgan fingerprint density at radius 3 is 2.71 bits per heavy atom. The molecule has 0 radical (unpaired) electrons. The van der Waals surface area contributed by atoms with E-state index in [1.54, 1.807) is 0 Å². The third kappa shape index (κ3) is 7.62. The Bertz CT molecular complexity index is 375. The summed E-state index contributed by atoms with van der Waals surface area (Å²) in [7, 11) is 0. The van der Waals surface area contributed by atoms with Crippen LogP contribution in [0.25, 0.3) is 0 Å². The lowest BCUT2D eigenvalue weighted by atomic mass is 10.2. The third-order valence-corrected chi connectivity index (χ3v) is 2.96. The first-order valence-corrected chi connectivity index (χ1v) is 7.17. The van der Waals surface area contributed by atoms with Crippen molar-refractivity contribution in [3.05, 3.63) is 0 Å². The van der Waals surface area contributed by atoms with Gasteiger partial charge >= 0.3 is 6.03 Å². The van der Waals surface area contributed by atoms with Crippen LogP contribution in [-0.4, -0.2) is 68.2 Å². The topological polar surface area (TPSA) is 99.8 Å². The zero-order valence-electron chi connectivity index (χ0n) is 12.6. The second-order valence-corrected chi connectivity index (χ2v) is 4.97. The van der Waals surface area contributed by atoms with Gasteiger partial charge in [0, 0.05) is 33.1 Å². The molecule has 0 saturated carbocycles. The molecule has 1 aliphatic heterocycles. The van der Waals surface area contributed by atoms with E-state index < -0.39 is 6.03 Å². The van der Waals surface area contributed by atoms with Crippen LogP contribution in [0.15, 0.2) is 0 Å². The van der Waals surface area contributed by atoms with Gasteiger partial charge in [-0.15, -0.1) is 0 Å². The van der Waals surface area contributed by atoms with E-state index in [0.29, 0.717) is 32.8 Å². The molecule has 3 N–H and O–H groups in total. The first-order valence-electron chi connectivity index (χ1n) is 7.17. The molecule has 1 unspecified atom stereocenters. The van der Waals surface area contributed by atoms with Crippen molar-refractivity contribution in [2.24, 2.45) is 0 Å². The highest BCUT2D eigenvalue weighted by molar-refractivity contribution is 5.95. The van der Waals surface area contributed by atoms with Gasteiger partial charge in [0.1, 0.15) is 0 Å². The average Bonchev–Trinajstić information content (AvgIpc) is 2.43. The highest BCUT2D eigenvalue weighted by Gasteiger charge is 2.22. The molecule has 0 aromatic rings. The average molecular weight is 300 g/mol. The van der Waals surface area contributed by atoms with Crippen molar-refractivity contribution in [3.63, 3.8) is 0 Å². The molecular weight excluding hydrogens is 276 g/mol. The van der Waals surface area contributed by atoms with Crippen LogP contribution in [0, 0.1) is 0 Å². The van der Waals surface area contributed by atoms with Gasteiger partial charge in [-0.1, -0.05) is 6.92 Å². The molecule has 1 heterocycles. The quantitative estimate of drug-likeness (QED) is 0.588. The number of nitrogens with zero attached hydrogens (tertiary/aromatic N) is 1. The fraction of sp³-hybridized carbons (Fsp3) is 0.769. The second-order valence-electron chi connectivity index (χ2n) is 4.97. The standard InChI is InChI=1S/C13H24N4O4/c1-3-4-14-13(20)16-12(19)9-17-5-6-21-11(8-17)7-15-10(2)18/h11H,3-9H2,1-2H3,(H,15,18)(H2,14,16,19,20). The first kappa shape index (κ1) is 17.4. The van der Waals surface area contributed by atoms with E-state index in [2.05, 4.69) is 16.0 Å². The maximum Gasteiger partial charge on any atom is 0.321 e. The van der Waals surface area contributed by atoms with E-state index in [4.69, 9.17) is 4.74 Å². The maximum absolute atomic E-state index is 11.7. The van der Waals surface area contributed by atoms with E-state index in [1.807, 2.05) is 11.8 Å². The molecule has 0 bridgehead atoms. The zero-order chi connectivity index (χ0) is 15.7. The predicted octanol–water partition coefficient (Wildman–Crippen LogP) is -0.941. The van der Waals surface area contributed by atoms with E-state index in [-0.39, 0.29) is 24.5 Å². The van der Waals surface area contributed by atoms with Crippen LogP contribution in [0.1, 0.15) is 20.3 Å². The number of urea groups is 1. The Kier molecular flexibility index (Phi) is 7.70. The van der Waals surface area contributed by atoms with Crippen molar-refractivity contribution < 1.29 is 19.1 Å².